The van der Waals surface area contributed by atoms with Crippen LogP contribution < -0.4 is 10.1 Å². The Labute approximate surface area is 156 Å². The van der Waals surface area contributed by atoms with Crippen LogP contribution in [0, 0.1) is 0 Å². The van der Waals surface area contributed by atoms with Crippen molar-refractivity contribution in [2.75, 3.05) is 31.6 Å². The fourth-order valence-electron chi connectivity index (χ4n) is 2.28. The second-order valence-electron chi connectivity index (χ2n) is 5.43. The van der Waals surface area contributed by atoms with Gasteiger partial charge in [0.25, 0.3) is 5.91 Å². The van der Waals surface area contributed by atoms with Crippen molar-refractivity contribution >= 4 is 21.6 Å². The first-order valence-electron chi connectivity index (χ1n) is 8.62. The van der Waals surface area contributed by atoms with E-state index in [-0.39, 0.29) is 11.5 Å². The van der Waals surface area contributed by atoms with Crippen LogP contribution in [0.2, 0.25) is 0 Å². The van der Waals surface area contributed by atoms with Crippen LogP contribution in [0.3, 0.4) is 0 Å². The predicted molar refractivity (Wildman–Crippen MR) is 102 cm³/mol. The number of nitrogens with zero attached hydrogens (tertiary/aromatic N) is 1. The Bertz CT molecular complexity index is 714. The van der Waals surface area contributed by atoms with Gasteiger partial charge in [-0.25, -0.2) is 8.42 Å². The van der Waals surface area contributed by atoms with Crippen LogP contribution in [-0.2, 0) is 19.6 Å². The molecule has 0 radical (unpaired) electrons. The molecule has 0 aromatic heterocycles. The van der Waals surface area contributed by atoms with Crippen molar-refractivity contribution in [3.05, 3.63) is 30.9 Å². The molecule has 8 heteroatoms. The molecule has 0 aliphatic heterocycles. The molecular formula is C18H28N2O5S. The fraction of sp³-hybridized carbons (Fsp3) is 0.500. The van der Waals surface area contributed by atoms with Gasteiger partial charge in [0.05, 0.1) is 23.8 Å². The van der Waals surface area contributed by atoms with E-state index in [1.165, 1.54) is 16.4 Å². The standard InChI is InChI=1S/C18H28N2O5S/c1-6-12-25-14(5)18(21)19-16-13-15(10-11-17(16)24-9-4)26(22,23)20(7-2)8-3/h6,10-11,13-14H,1,7-9,12H2,2-5H3,(H,19,21)/t14-/m1/s1. The summed E-state index contributed by atoms with van der Waals surface area (Å²) < 4.78 is 37.6. The lowest BCUT2D eigenvalue weighted by Crippen LogP contribution is -2.31. The molecule has 1 amide bonds. The van der Waals surface area contributed by atoms with Crippen molar-refractivity contribution in [3.8, 4) is 5.75 Å². The molecule has 7 nitrogen and oxygen atoms in total. The zero-order valence-corrected chi connectivity index (χ0v) is 16.6. The second-order valence-corrected chi connectivity index (χ2v) is 7.37. The number of hydrogen-bond donors (Lipinski definition) is 1. The van der Waals surface area contributed by atoms with Crippen molar-refractivity contribution in [1.82, 2.24) is 4.31 Å². The van der Waals surface area contributed by atoms with E-state index in [4.69, 9.17) is 9.47 Å². The quantitative estimate of drug-likeness (QED) is 0.593. The molecule has 1 N–H and O–H groups in total. The van der Waals surface area contributed by atoms with Crippen LogP contribution in [0.4, 0.5) is 5.69 Å². The minimum absolute atomic E-state index is 0.0969. The maximum absolute atomic E-state index is 12.7. The van der Waals surface area contributed by atoms with Crippen LogP contribution in [0.5, 0.6) is 5.75 Å². The van der Waals surface area contributed by atoms with E-state index in [0.29, 0.717) is 31.1 Å². The van der Waals surface area contributed by atoms with Crippen LogP contribution >= 0.6 is 0 Å². The number of carbonyl (C=O) groups excluding carboxylic acids is 1. The number of benzene rings is 1. The van der Waals surface area contributed by atoms with Crippen molar-refractivity contribution in [2.45, 2.75) is 38.7 Å². The Morgan fingerprint density at radius 1 is 1.31 bits per heavy atom. The Morgan fingerprint density at radius 2 is 1.96 bits per heavy atom. The Morgan fingerprint density at radius 3 is 2.50 bits per heavy atom. The molecule has 26 heavy (non-hydrogen) atoms. The van der Waals surface area contributed by atoms with Gasteiger partial charge in [0.2, 0.25) is 10.0 Å². The van der Waals surface area contributed by atoms with Gasteiger partial charge in [0.15, 0.2) is 0 Å². The number of ether oxygens (including phenoxy) is 2. The molecule has 0 aliphatic rings. The summed E-state index contributed by atoms with van der Waals surface area (Å²) in [5.41, 5.74) is 0.291. The second kappa shape index (κ2) is 10.3. The summed E-state index contributed by atoms with van der Waals surface area (Å²) in [5, 5.41) is 2.69. The Balaban J connectivity index is 3.19. The van der Waals surface area contributed by atoms with Crippen molar-refractivity contribution in [1.29, 1.82) is 0 Å². The van der Waals surface area contributed by atoms with E-state index >= 15 is 0 Å². The zero-order chi connectivity index (χ0) is 19.7. The number of hydrogen-bond acceptors (Lipinski definition) is 5. The van der Waals surface area contributed by atoms with E-state index in [9.17, 15) is 13.2 Å². The first-order valence-corrected chi connectivity index (χ1v) is 10.1. The lowest BCUT2D eigenvalue weighted by Gasteiger charge is -2.20. The van der Waals surface area contributed by atoms with Gasteiger partial charge in [-0.2, -0.15) is 4.31 Å². The highest BCUT2D eigenvalue weighted by Crippen LogP contribution is 2.29. The highest BCUT2D eigenvalue weighted by atomic mass is 32.2. The molecule has 0 spiro atoms. The Kier molecular flexibility index (Phi) is 8.77. The molecule has 0 fully saturated rings. The highest BCUT2D eigenvalue weighted by Gasteiger charge is 2.24. The predicted octanol–water partition coefficient (Wildman–Crippen LogP) is 2.65. The topological polar surface area (TPSA) is 84.9 Å². The molecular weight excluding hydrogens is 356 g/mol. The third kappa shape index (κ3) is 5.55. The van der Waals surface area contributed by atoms with Gasteiger partial charge in [0, 0.05) is 13.1 Å². The normalized spacial score (nSPS) is 12.7. The van der Waals surface area contributed by atoms with Gasteiger partial charge < -0.3 is 14.8 Å². The van der Waals surface area contributed by atoms with Crippen LogP contribution in [0.15, 0.2) is 35.7 Å². The number of nitrogens with one attached hydrogen (secondary N) is 1. The third-order valence-corrected chi connectivity index (χ3v) is 5.73. The summed E-state index contributed by atoms with van der Waals surface area (Å²) in [6.07, 6.45) is 0.831. The van der Waals surface area contributed by atoms with Gasteiger partial charge in [-0.05, 0) is 32.0 Å². The number of sulfonamides is 1. The first-order chi connectivity index (χ1) is 12.3. The average Bonchev–Trinajstić information content (AvgIpc) is 2.61. The average molecular weight is 384 g/mol. The van der Waals surface area contributed by atoms with Crippen molar-refractivity contribution < 1.29 is 22.7 Å². The monoisotopic (exact) mass is 384 g/mol. The minimum atomic E-state index is -3.64. The molecule has 0 unspecified atom stereocenters. The van der Waals surface area contributed by atoms with Gasteiger partial charge in [0.1, 0.15) is 11.9 Å². The van der Waals surface area contributed by atoms with Gasteiger partial charge in [-0.3, -0.25) is 4.79 Å². The largest absolute Gasteiger partial charge is 0.492 e. The minimum Gasteiger partial charge on any atom is -0.492 e. The van der Waals surface area contributed by atoms with Crippen LogP contribution in [0.25, 0.3) is 0 Å². The maximum atomic E-state index is 12.7. The molecule has 0 saturated carbocycles. The SMILES string of the molecule is C=CCO[C@H](C)C(=O)Nc1cc(S(=O)(=O)N(CC)CC)ccc1OCC. The smallest absolute Gasteiger partial charge is 0.253 e. The summed E-state index contributed by atoms with van der Waals surface area (Å²) in [4.78, 5) is 12.4. The summed E-state index contributed by atoms with van der Waals surface area (Å²) in [6, 6.07) is 4.44. The maximum Gasteiger partial charge on any atom is 0.253 e. The zero-order valence-electron chi connectivity index (χ0n) is 15.8. The number of rotatable bonds is 11. The molecule has 1 atom stereocenters. The van der Waals surface area contributed by atoms with E-state index in [2.05, 4.69) is 11.9 Å². The van der Waals surface area contributed by atoms with E-state index in [1.54, 1.807) is 32.9 Å². The summed E-state index contributed by atoms with van der Waals surface area (Å²) in [6.45, 7) is 11.8. The molecule has 0 bridgehead atoms. The van der Waals surface area contributed by atoms with Gasteiger partial charge in [-0.15, -0.1) is 6.58 Å². The van der Waals surface area contributed by atoms with E-state index < -0.39 is 22.0 Å². The fourth-order valence-corrected chi connectivity index (χ4v) is 3.77. The molecule has 0 saturated heterocycles. The third-order valence-electron chi connectivity index (χ3n) is 3.69. The lowest BCUT2D eigenvalue weighted by molar-refractivity contribution is -0.125. The molecule has 0 heterocycles. The summed E-state index contributed by atoms with van der Waals surface area (Å²) in [5.74, 6) is 0.000424. The molecule has 1 aromatic carbocycles. The van der Waals surface area contributed by atoms with Gasteiger partial charge >= 0.3 is 0 Å². The molecule has 146 valence electrons. The van der Waals surface area contributed by atoms with Crippen LogP contribution in [0.1, 0.15) is 27.7 Å². The summed E-state index contributed by atoms with van der Waals surface area (Å²) in [7, 11) is -3.64. The van der Waals surface area contributed by atoms with E-state index in [1.807, 2.05) is 6.92 Å². The van der Waals surface area contributed by atoms with Gasteiger partial charge in [-0.1, -0.05) is 19.9 Å². The number of carbonyl (C=O) groups is 1. The Hall–Kier alpha value is -1.90. The van der Waals surface area contributed by atoms with Crippen molar-refractivity contribution in [2.24, 2.45) is 0 Å². The molecule has 1 aromatic rings. The van der Waals surface area contributed by atoms with E-state index in [0.717, 1.165) is 0 Å². The first kappa shape index (κ1) is 22.1. The lowest BCUT2D eigenvalue weighted by atomic mass is 10.2. The number of amides is 1. The molecule has 1 rings (SSSR count). The summed E-state index contributed by atoms with van der Waals surface area (Å²) >= 11 is 0. The van der Waals surface area contributed by atoms with Crippen molar-refractivity contribution in [3.63, 3.8) is 0 Å². The number of anilines is 1. The highest BCUT2D eigenvalue weighted by molar-refractivity contribution is 7.89. The molecule has 0 aliphatic carbocycles. The van der Waals surface area contributed by atoms with Crippen LogP contribution in [-0.4, -0.2) is 51.0 Å².